The number of amides is 1. The van der Waals surface area contributed by atoms with Gasteiger partial charge in [-0.1, -0.05) is 18.2 Å². The Bertz CT molecular complexity index is 1020. The zero-order valence-electron chi connectivity index (χ0n) is 13.7. The lowest BCUT2D eigenvalue weighted by Gasteiger charge is -2.11. The van der Waals surface area contributed by atoms with Crippen molar-refractivity contribution in [3.05, 3.63) is 63.7 Å². The lowest BCUT2D eigenvalue weighted by molar-refractivity contribution is 0.0599. The number of fused-ring (bicyclic) bond motifs is 1. The summed E-state index contributed by atoms with van der Waals surface area (Å²) in [5.41, 5.74) is 1.10. The summed E-state index contributed by atoms with van der Waals surface area (Å²) in [6, 6.07) is 6.82. The van der Waals surface area contributed by atoms with Crippen LogP contribution in [0.25, 0.3) is 10.9 Å². The first-order chi connectivity index (χ1) is 12.0. The van der Waals surface area contributed by atoms with Crippen molar-refractivity contribution in [2.75, 3.05) is 14.2 Å². The van der Waals surface area contributed by atoms with E-state index in [2.05, 4.69) is 15.5 Å². The second-order valence-electron chi connectivity index (χ2n) is 5.40. The van der Waals surface area contributed by atoms with Crippen LogP contribution in [0.1, 0.15) is 26.3 Å². The van der Waals surface area contributed by atoms with E-state index in [1.807, 2.05) is 18.2 Å². The van der Waals surface area contributed by atoms with E-state index in [1.54, 1.807) is 6.20 Å². The fraction of sp³-hybridized carbons (Fsp3) is 0.176. The van der Waals surface area contributed by atoms with Crippen LogP contribution in [0.15, 0.2) is 41.5 Å². The number of ether oxygens (including phenoxy) is 1. The quantitative estimate of drug-likeness (QED) is 0.687. The molecule has 0 unspecified atom stereocenters. The number of pyridine rings is 1. The molecule has 2 heterocycles. The molecule has 0 atom stereocenters. The summed E-state index contributed by atoms with van der Waals surface area (Å²) in [6.07, 6.45) is 3.07. The van der Waals surface area contributed by atoms with Gasteiger partial charge in [0.25, 0.3) is 11.5 Å². The Labute approximate surface area is 142 Å². The first-order valence-electron chi connectivity index (χ1n) is 7.51. The van der Waals surface area contributed by atoms with E-state index in [0.717, 1.165) is 16.5 Å². The van der Waals surface area contributed by atoms with E-state index in [4.69, 9.17) is 4.74 Å². The van der Waals surface area contributed by atoms with Crippen molar-refractivity contribution in [2.45, 2.75) is 6.54 Å². The van der Waals surface area contributed by atoms with E-state index in [-0.39, 0.29) is 17.7 Å². The summed E-state index contributed by atoms with van der Waals surface area (Å²) < 4.78 is 6.02. The van der Waals surface area contributed by atoms with Crippen LogP contribution in [-0.4, -0.2) is 40.8 Å². The minimum absolute atomic E-state index is 0.123. The predicted molar refractivity (Wildman–Crippen MR) is 90.6 cm³/mol. The maximum absolute atomic E-state index is 12.6. The minimum Gasteiger partial charge on any atom is -0.465 e. The lowest BCUT2D eigenvalue weighted by Crippen LogP contribution is -2.32. The zero-order valence-corrected chi connectivity index (χ0v) is 13.7. The number of methoxy groups -OCH3 is 1. The van der Waals surface area contributed by atoms with Gasteiger partial charge in [0.2, 0.25) is 0 Å². The number of H-pyrrole nitrogens is 1. The molecule has 1 amide bonds. The van der Waals surface area contributed by atoms with Gasteiger partial charge in [-0.15, -0.1) is 0 Å². The van der Waals surface area contributed by atoms with Gasteiger partial charge in [-0.25, -0.2) is 4.79 Å². The van der Waals surface area contributed by atoms with Crippen molar-refractivity contribution in [3.63, 3.8) is 0 Å². The smallest absolute Gasteiger partial charge is 0.339 e. The van der Waals surface area contributed by atoms with Crippen molar-refractivity contribution in [2.24, 2.45) is 0 Å². The van der Waals surface area contributed by atoms with Crippen molar-refractivity contribution in [3.8, 4) is 0 Å². The summed E-state index contributed by atoms with van der Waals surface area (Å²) in [5.74, 6) is -1.19. The number of nitrogens with zero attached hydrogens (tertiary/aromatic N) is 2. The molecule has 1 aromatic carbocycles. The molecular weight excluding hydrogens is 324 g/mol. The molecule has 0 saturated carbocycles. The summed E-state index contributed by atoms with van der Waals surface area (Å²) in [7, 11) is 2.66. The van der Waals surface area contributed by atoms with E-state index < -0.39 is 17.4 Å². The standard InChI is InChI=1S/C17H16N4O4/c1-18-15(22)13-6-12(17(24)25-2)9-21(16(13)23)8-11-5-3-4-10-7-19-20-14(10)11/h3-7,9H,8H2,1-2H3,(H,18,22)(H,19,20). The maximum Gasteiger partial charge on any atom is 0.339 e. The second kappa shape index (κ2) is 6.60. The highest BCUT2D eigenvalue weighted by atomic mass is 16.5. The number of benzene rings is 1. The average molecular weight is 340 g/mol. The molecule has 0 saturated heterocycles. The minimum atomic E-state index is -0.626. The summed E-state index contributed by atoms with van der Waals surface area (Å²) >= 11 is 0. The summed E-state index contributed by atoms with van der Waals surface area (Å²) in [6.45, 7) is 0.174. The number of esters is 1. The highest BCUT2D eigenvalue weighted by Crippen LogP contribution is 2.16. The number of carbonyl (C=O) groups is 2. The summed E-state index contributed by atoms with van der Waals surface area (Å²) in [5, 5.41) is 10.2. The van der Waals surface area contributed by atoms with Crippen molar-refractivity contribution in [1.82, 2.24) is 20.1 Å². The lowest BCUT2D eigenvalue weighted by atomic mass is 10.1. The number of carbonyl (C=O) groups excluding carboxylic acids is 2. The van der Waals surface area contributed by atoms with Gasteiger partial charge >= 0.3 is 5.97 Å². The topological polar surface area (TPSA) is 106 Å². The molecule has 0 spiro atoms. The van der Waals surface area contributed by atoms with Crippen molar-refractivity contribution >= 4 is 22.8 Å². The molecule has 3 aromatic rings. The Morgan fingerprint density at radius 2 is 2.16 bits per heavy atom. The average Bonchev–Trinajstić information content (AvgIpc) is 3.11. The van der Waals surface area contributed by atoms with Gasteiger partial charge in [-0.3, -0.25) is 14.7 Å². The normalized spacial score (nSPS) is 10.6. The first kappa shape index (κ1) is 16.4. The molecule has 25 heavy (non-hydrogen) atoms. The number of para-hydroxylation sites is 1. The molecule has 2 aromatic heterocycles. The highest BCUT2D eigenvalue weighted by molar-refractivity contribution is 5.97. The number of nitrogens with one attached hydrogen (secondary N) is 2. The fourth-order valence-electron chi connectivity index (χ4n) is 2.63. The Morgan fingerprint density at radius 3 is 2.88 bits per heavy atom. The molecule has 0 aliphatic rings. The molecule has 8 nitrogen and oxygen atoms in total. The molecule has 0 aliphatic carbocycles. The van der Waals surface area contributed by atoms with Crippen molar-refractivity contribution < 1.29 is 14.3 Å². The fourth-order valence-corrected chi connectivity index (χ4v) is 2.63. The van der Waals surface area contributed by atoms with Crippen LogP contribution in [0.3, 0.4) is 0 Å². The van der Waals surface area contributed by atoms with Crippen molar-refractivity contribution in [1.29, 1.82) is 0 Å². The molecular formula is C17H16N4O4. The van der Waals surface area contributed by atoms with Crippen LogP contribution in [-0.2, 0) is 11.3 Å². The van der Waals surface area contributed by atoms with E-state index in [9.17, 15) is 14.4 Å². The Hall–Kier alpha value is -3.42. The number of rotatable bonds is 4. The third-order valence-electron chi connectivity index (χ3n) is 3.88. The molecule has 0 radical (unpaired) electrons. The van der Waals surface area contributed by atoms with E-state index in [1.165, 1.54) is 31.0 Å². The number of aromatic nitrogens is 3. The van der Waals surface area contributed by atoms with Crippen LogP contribution in [0.4, 0.5) is 0 Å². The van der Waals surface area contributed by atoms with Gasteiger partial charge in [0.05, 0.1) is 30.9 Å². The monoisotopic (exact) mass is 340 g/mol. The number of aromatic amines is 1. The van der Waals surface area contributed by atoms with Crippen LogP contribution < -0.4 is 10.9 Å². The Balaban J connectivity index is 2.14. The zero-order chi connectivity index (χ0) is 18.0. The van der Waals surface area contributed by atoms with Gasteiger partial charge in [0.1, 0.15) is 5.56 Å². The number of hydrogen-bond donors (Lipinski definition) is 2. The third-order valence-corrected chi connectivity index (χ3v) is 3.88. The third kappa shape index (κ3) is 3.01. The molecule has 2 N–H and O–H groups in total. The largest absolute Gasteiger partial charge is 0.465 e. The van der Waals surface area contributed by atoms with Gasteiger partial charge in [0, 0.05) is 18.6 Å². The summed E-state index contributed by atoms with van der Waals surface area (Å²) in [4.78, 5) is 36.5. The van der Waals surface area contributed by atoms with Gasteiger partial charge < -0.3 is 14.6 Å². The molecule has 3 rings (SSSR count). The van der Waals surface area contributed by atoms with Gasteiger partial charge in [-0.05, 0) is 11.6 Å². The second-order valence-corrected chi connectivity index (χ2v) is 5.40. The molecule has 0 aliphatic heterocycles. The van der Waals surface area contributed by atoms with E-state index >= 15 is 0 Å². The van der Waals surface area contributed by atoms with Gasteiger partial charge in [-0.2, -0.15) is 5.10 Å². The molecule has 128 valence electrons. The van der Waals surface area contributed by atoms with Crippen LogP contribution in [0, 0.1) is 0 Å². The first-order valence-corrected chi connectivity index (χ1v) is 7.51. The predicted octanol–water partition coefficient (Wildman–Crippen LogP) is 0.919. The SMILES string of the molecule is CNC(=O)c1cc(C(=O)OC)cn(Cc2cccc3cn[nH]c23)c1=O. The molecule has 8 heteroatoms. The number of hydrogen-bond acceptors (Lipinski definition) is 5. The maximum atomic E-state index is 12.6. The van der Waals surface area contributed by atoms with Crippen LogP contribution >= 0.6 is 0 Å². The highest BCUT2D eigenvalue weighted by Gasteiger charge is 2.17. The van der Waals surface area contributed by atoms with E-state index in [0.29, 0.717) is 0 Å². The Kier molecular flexibility index (Phi) is 4.34. The van der Waals surface area contributed by atoms with Gasteiger partial charge in [0.15, 0.2) is 0 Å². The molecule has 0 bridgehead atoms. The van der Waals surface area contributed by atoms with Crippen LogP contribution in [0.2, 0.25) is 0 Å². The Morgan fingerprint density at radius 1 is 1.36 bits per heavy atom. The molecule has 0 fully saturated rings. The van der Waals surface area contributed by atoms with Crippen LogP contribution in [0.5, 0.6) is 0 Å².